The number of hydrogen-bond donors (Lipinski definition) is 2. The summed E-state index contributed by atoms with van der Waals surface area (Å²) in [6.07, 6.45) is -1.35. The minimum absolute atomic E-state index is 0.323. The van der Waals surface area contributed by atoms with Crippen molar-refractivity contribution in [2.24, 2.45) is 0 Å². The number of hydrogen-bond acceptors (Lipinski definition) is 5. The second-order valence-corrected chi connectivity index (χ2v) is 7.03. The Hall–Kier alpha value is -4.00. The van der Waals surface area contributed by atoms with Gasteiger partial charge in [0.25, 0.3) is 11.8 Å². The molecule has 0 saturated heterocycles. The van der Waals surface area contributed by atoms with E-state index < -0.39 is 18.1 Å². The van der Waals surface area contributed by atoms with Gasteiger partial charge in [0, 0.05) is 11.8 Å². The van der Waals surface area contributed by atoms with E-state index in [4.69, 9.17) is 14.2 Å². The number of anilines is 2. The maximum Gasteiger partial charge on any atom is 0.269 e. The predicted molar refractivity (Wildman–Crippen MR) is 117 cm³/mol. The fraction of sp³-hybridized carbons (Fsp3) is 0.167. The summed E-state index contributed by atoms with van der Waals surface area (Å²) in [5.41, 5.74) is 1.28. The standard InChI is InChI=1S/C24H22N2O5/c1-15-22(31-21-13-6-5-12-20(21)30-15)24(28)26-19-11-4-3-10-18(19)23(27)25-16-8-7-9-17(14-16)29-2/h3-15,22H,1-2H3,(H,25,27)(H,26,28). The van der Waals surface area contributed by atoms with E-state index in [9.17, 15) is 9.59 Å². The third-order valence-electron chi connectivity index (χ3n) is 4.86. The average Bonchev–Trinajstić information content (AvgIpc) is 2.79. The van der Waals surface area contributed by atoms with Gasteiger partial charge in [0.1, 0.15) is 11.9 Å². The molecule has 3 aromatic carbocycles. The Balaban J connectivity index is 1.51. The number of rotatable bonds is 5. The van der Waals surface area contributed by atoms with E-state index >= 15 is 0 Å². The van der Waals surface area contributed by atoms with E-state index in [1.54, 1.807) is 74.7 Å². The van der Waals surface area contributed by atoms with Crippen LogP contribution in [0.5, 0.6) is 17.2 Å². The number of carbonyl (C=O) groups excluding carboxylic acids is 2. The van der Waals surface area contributed by atoms with Crippen LogP contribution in [0.25, 0.3) is 0 Å². The molecule has 0 bridgehead atoms. The first-order valence-corrected chi connectivity index (χ1v) is 9.83. The van der Waals surface area contributed by atoms with Crippen molar-refractivity contribution in [1.82, 2.24) is 0 Å². The maximum absolute atomic E-state index is 12.9. The zero-order valence-electron chi connectivity index (χ0n) is 17.1. The first-order valence-electron chi connectivity index (χ1n) is 9.83. The largest absolute Gasteiger partial charge is 0.497 e. The molecule has 0 spiro atoms. The van der Waals surface area contributed by atoms with E-state index in [1.165, 1.54) is 0 Å². The van der Waals surface area contributed by atoms with Gasteiger partial charge in [-0.05, 0) is 43.3 Å². The van der Waals surface area contributed by atoms with Gasteiger partial charge in [-0.25, -0.2) is 0 Å². The van der Waals surface area contributed by atoms with Crippen LogP contribution in [0, 0.1) is 0 Å². The predicted octanol–water partition coefficient (Wildman–Crippen LogP) is 4.11. The van der Waals surface area contributed by atoms with Crippen LogP contribution in [0.4, 0.5) is 11.4 Å². The van der Waals surface area contributed by atoms with E-state index in [2.05, 4.69) is 10.6 Å². The molecule has 3 aromatic rings. The monoisotopic (exact) mass is 418 g/mol. The molecule has 2 atom stereocenters. The van der Waals surface area contributed by atoms with Gasteiger partial charge in [-0.3, -0.25) is 9.59 Å². The molecule has 158 valence electrons. The molecule has 0 aliphatic carbocycles. The van der Waals surface area contributed by atoms with Gasteiger partial charge in [-0.2, -0.15) is 0 Å². The fourth-order valence-corrected chi connectivity index (χ4v) is 3.30. The highest BCUT2D eigenvalue weighted by atomic mass is 16.6. The van der Waals surface area contributed by atoms with Gasteiger partial charge in [0.2, 0.25) is 6.10 Å². The van der Waals surface area contributed by atoms with E-state index in [0.717, 1.165) is 0 Å². The first kappa shape index (κ1) is 20.3. The summed E-state index contributed by atoms with van der Waals surface area (Å²) in [6.45, 7) is 1.77. The second kappa shape index (κ2) is 8.79. The Morgan fingerprint density at radius 2 is 1.58 bits per heavy atom. The normalized spacial score (nSPS) is 16.8. The van der Waals surface area contributed by atoms with Crippen LogP contribution in [0.3, 0.4) is 0 Å². The maximum atomic E-state index is 12.9. The molecular formula is C24H22N2O5. The van der Waals surface area contributed by atoms with Crippen molar-refractivity contribution in [3.63, 3.8) is 0 Å². The molecule has 0 aromatic heterocycles. The Labute approximate surface area is 179 Å². The van der Waals surface area contributed by atoms with Crippen LogP contribution in [-0.4, -0.2) is 31.1 Å². The van der Waals surface area contributed by atoms with Crippen LogP contribution < -0.4 is 24.8 Å². The Morgan fingerprint density at radius 1 is 0.871 bits per heavy atom. The molecule has 0 fully saturated rings. The molecule has 7 heteroatoms. The summed E-state index contributed by atoms with van der Waals surface area (Å²) in [5.74, 6) is 0.969. The third kappa shape index (κ3) is 4.45. The molecule has 1 aliphatic rings. The van der Waals surface area contributed by atoms with Crippen molar-refractivity contribution in [1.29, 1.82) is 0 Å². The molecule has 2 amide bonds. The molecule has 7 nitrogen and oxygen atoms in total. The second-order valence-electron chi connectivity index (χ2n) is 7.03. The van der Waals surface area contributed by atoms with Gasteiger partial charge in [-0.15, -0.1) is 0 Å². The number of methoxy groups -OCH3 is 1. The van der Waals surface area contributed by atoms with Crippen LogP contribution in [-0.2, 0) is 4.79 Å². The van der Waals surface area contributed by atoms with Gasteiger partial charge in [0.15, 0.2) is 11.5 Å². The molecule has 0 saturated carbocycles. The summed E-state index contributed by atoms with van der Waals surface area (Å²) in [4.78, 5) is 25.8. The van der Waals surface area contributed by atoms with Gasteiger partial charge >= 0.3 is 0 Å². The molecule has 31 heavy (non-hydrogen) atoms. The summed E-state index contributed by atoms with van der Waals surface area (Å²) in [6, 6.07) is 21.0. The minimum atomic E-state index is -0.857. The zero-order chi connectivity index (χ0) is 21.8. The van der Waals surface area contributed by atoms with Crippen molar-refractivity contribution in [3.05, 3.63) is 78.4 Å². The number of amides is 2. The topological polar surface area (TPSA) is 85.9 Å². The highest BCUT2D eigenvalue weighted by Crippen LogP contribution is 2.34. The number of carbonyl (C=O) groups is 2. The average molecular weight is 418 g/mol. The molecule has 4 rings (SSSR count). The van der Waals surface area contributed by atoms with Gasteiger partial charge < -0.3 is 24.8 Å². The fourth-order valence-electron chi connectivity index (χ4n) is 3.30. The van der Waals surface area contributed by atoms with Crippen molar-refractivity contribution in [2.45, 2.75) is 19.1 Å². The number of benzene rings is 3. The van der Waals surface area contributed by atoms with Crippen molar-refractivity contribution in [2.75, 3.05) is 17.7 Å². The third-order valence-corrected chi connectivity index (χ3v) is 4.86. The highest BCUT2D eigenvalue weighted by molar-refractivity contribution is 6.10. The lowest BCUT2D eigenvalue weighted by Gasteiger charge is -2.31. The van der Waals surface area contributed by atoms with Gasteiger partial charge in [-0.1, -0.05) is 30.3 Å². The Kier molecular flexibility index (Phi) is 5.75. The Morgan fingerprint density at radius 3 is 2.35 bits per heavy atom. The summed E-state index contributed by atoms with van der Waals surface area (Å²) in [5, 5.41) is 5.62. The zero-order valence-corrected chi connectivity index (χ0v) is 17.1. The van der Waals surface area contributed by atoms with Crippen molar-refractivity contribution < 1.29 is 23.8 Å². The van der Waals surface area contributed by atoms with Crippen LogP contribution in [0.15, 0.2) is 72.8 Å². The van der Waals surface area contributed by atoms with E-state index in [1.807, 2.05) is 12.1 Å². The molecule has 2 N–H and O–H groups in total. The lowest BCUT2D eigenvalue weighted by Crippen LogP contribution is -2.46. The minimum Gasteiger partial charge on any atom is -0.497 e. The first-order chi connectivity index (χ1) is 15.0. The molecule has 1 aliphatic heterocycles. The lowest BCUT2D eigenvalue weighted by molar-refractivity contribution is -0.128. The quantitative estimate of drug-likeness (QED) is 0.651. The highest BCUT2D eigenvalue weighted by Gasteiger charge is 2.34. The summed E-state index contributed by atoms with van der Waals surface area (Å²) >= 11 is 0. The van der Waals surface area contributed by atoms with Crippen LogP contribution in [0.2, 0.25) is 0 Å². The smallest absolute Gasteiger partial charge is 0.269 e. The van der Waals surface area contributed by atoms with Crippen molar-refractivity contribution >= 4 is 23.2 Å². The summed E-state index contributed by atoms with van der Waals surface area (Å²) < 4.78 is 16.8. The lowest BCUT2D eigenvalue weighted by atomic mass is 10.1. The van der Waals surface area contributed by atoms with E-state index in [0.29, 0.717) is 34.2 Å². The number of para-hydroxylation sites is 3. The van der Waals surface area contributed by atoms with Crippen molar-refractivity contribution in [3.8, 4) is 17.2 Å². The Bertz CT molecular complexity index is 1110. The molecule has 1 heterocycles. The number of ether oxygens (including phenoxy) is 3. The SMILES string of the molecule is COc1cccc(NC(=O)c2ccccc2NC(=O)C2Oc3ccccc3OC2C)c1. The summed E-state index contributed by atoms with van der Waals surface area (Å²) in [7, 11) is 1.56. The van der Waals surface area contributed by atoms with Crippen LogP contribution >= 0.6 is 0 Å². The van der Waals surface area contributed by atoms with E-state index in [-0.39, 0.29) is 5.91 Å². The molecular weight excluding hydrogens is 396 g/mol. The van der Waals surface area contributed by atoms with Gasteiger partial charge in [0.05, 0.1) is 18.4 Å². The number of fused-ring (bicyclic) bond motifs is 1. The van der Waals surface area contributed by atoms with Crippen LogP contribution in [0.1, 0.15) is 17.3 Å². The number of nitrogens with one attached hydrogen (secondary N) is 2. The molecule has 0 radical (unpaired) electrons. The molecule has 2 unspecified atom stereocenters.